The van der Waals surface area contributed by atoms with Crippen LogP contribution < -0.4 is 15.5 Å². The van der Waals surface area contributed by atoms with Crippen LogP contribution in [0.2, 0.25) is 5.02 Å². The number of hydrogen-bond donors (Lipinski definition) is 2. The van der Waals surface area contributed by atoms with Gasteiger partial charge in [0.25, 0.3) is 17.7 Å². The molecular formula is C26H19Cl2N3O5. The standard InChI is InChI=1S/C26H19Cl2N3O5/c1-14-6-9-17(27)13-20(14)30-23(32)16-4-3-5-18(12-16)29-22-21(28)24(33)31(25(22)34)19-10-7-15(8-11-19)26(35)36-2/h3-13,29H,1-2H3,(H,30,32). The van der Waals surface area contributed by atoms with E-state index in [-0.39, 0.29) is 27.9 Å². The van der Waals surface area contributed by atoms with Gasteiger partial charge in [0.2, 0.25) is 0 Å². The van der Waals surface area contributed by atoms with Crippen molar-refractivity contribution in [2.24, 2.45) is 0 Å². The number of carbonyl (C=O) groups excluding carboxylic acids is 4. The lowest BCUT2D eigenvalue weighted by atomic mass is 10.1. The number of methoxy groups -OCH3 is 1. The van der Waals surface area contributed by atoms with Crippen molar-refractivity contribution in [1.82, 2.24) is 0 Å². The highest BCUT2D eigenvalue weighted by molar-refractivity contribution is 6.53. The molecule has 8 nitrogen and oxygen atoms in total. The summed E-state index contributed by atoms with van der Waals surface area (Å²) in [5.41, 5.74) is 2.46. The van der Waals surface area contributed by atoms with Crippen molar-refractivity contribution in [3.63, 3.8) is 0 Å². The topological polar surface area (TPSA) is 105 Å². The van der Waals surface area contributed by atoms with Gasteiger partial charge < -0.3 is 15.4 Å². The van der Waals surface area contributed by atoms with Crippen LogP contribution in [0.15, 0.2) is 77.5 Å². The van der Waals surface area contributed by atoms with Gasteiger partial charge in [-0.2, -0.15) is 0 Å². The van der Waals surface area contributed by atoms with Gasteiger partial charge in [-0.05, 0) is 67.1 Å². The fourth-order valence-corrected chi connectivity index (χ4v) is 3.90. The zero-order valence-corrected chi connectivity index (χ0v) is 20.6. The Morgan fingerprint density at radius 2 is 1.61 bits per heavy atom. The second-order valence-electron chi connectivity index (χ2n) is 7.79. The predicted octanol–water partition coefficient (Wildman–Crippen LogP) is 5.12. The molecular weight excluding hydrogens is 505 g/mol. The van der Waals surface area contributed by atoms with Gasteiger partial charge >= 0.3 is 5.97 Å². The van der Waals surface area contributed by atoms with Crippen molar-refractivity contribution in [2.75, 3.05) is 22.6 Å². The number of rotatable bonds is 6. The van der Waals surface area contributed by atoms with Crippen molar-refractivity contribution in [1.29, 1.82) is 0 Å². The van der Waals surface area contributed by atoms with Crippen LogP contribution >= 0.6 is 23.2 Å². The lowest BCUT2D eigenvalue weighted by Gasteiger charge is -2.15. The first-order valence-corrected chi connectivity index (χ1v) is 11.4. The molecule has 0 unspecified atom stereocenters. The summed E-state index contributed by atoms with van der Waals surface area (Å²) in [6.45, 7) is 1.84. The number of hydrogen-bond acceptors (Lipinski definition) is 6. The van der Waals surface area contributed by atoms with Gasteiger partial charge in [-0.1, -0.05) is 35.3 Å². The van der Waals surface area contributed by atoms with E-state index in [1.54, 1.807) is 36.4 Å². The van der Waals surface area contributed by atoms with E-state index in [0.29, 0.717) is 22.0 Å². The maximum atomic E-state index is 13.1. The van der Waals surface area contributed by atoms with Crippen LogP contribution in [-0.2, 0) is 14.3 Å². The Labute approximate surface area is 216 Å². The Hall–Kier alpha value is -4.14. The molecule has 0 saturated heterocycles. The molecule has 3 amide bonds. The Kier molecular flexibility index (Phi) is 7.10. The van der Waals surface area contributed by atoms with Crippen LogP contribution in [0.3, 0.4) is 0 Å². The van der Waals surface area contributed by atoms with Crippen molar-refractivity contribution in [2.45, 2.75) is 6.92 Å². The lowest BCUT2D eigenvalue weighted by molar-refractivity contribution is -0.120. The van der Waals surface area contributed by atoms with E-state index in [9.17, 15) is 19.2 Å². The number of nitrogens with zero attached hydrogens (tertiary/aromatic N) is 1. The molecule has 4 rings (SSSR count). The summed E-state index contributed by atoms with van der Waals surface area (Å²) in [4.78, 5) is 51.1. The summed E-state index contributed by atoms with van der Waals surface area (Å²) in [6, 6.07) is 17.3. The Bertz CT molecular complexity index is 1430. The number of benzene rings is 3. The monoisotopic (exact) mass is 523 g/mol. The van der Waals surface area contributed by atoms with Crippen LogP contribution in [0.1, 0.15) is 26.3 Å². The first kappa shape index (κ1) is 25.0. The zero-order valence-electron chi connectivity index (χ0n) is 19.1. The van der Waals surface area contributed by atoms with Gasteiger partial charge in [-0.15, -0.1) is 0 Å². The van der Waals surface area contributed by atoms with E-state index >= 15 is 0 Å². The molecule has 1 heterocycles. The molecule has 0 aromatic heterocycles. The quantitative estimate of drug-likeness (QED) is 0.343. The smallest absolute Gasteiger partial charge is 0.337 e. The second kappa shape index (κ2) is 10.2. The molecule has 3 aromatic carbocycles. The number of aryl methyl sites for hydroxylation is 1. The van der Waals surface area contributed by atoms with Gasteiger partial charge in [0.15, 0.2) is 0 Å². The average Bonchev–Trinajstić information content (AvgIpc) is 3.09. The Morgan fingerprint density at radius 1 is 0.889 bits per heavy atom. The fraction of sp³-hybridized carbons (Fsp3) is 0.0769. The number of amides is 3. The van der Waals surface area contributed by atoms with Crippen molar-refractivity contribution >= 4 is 64.0 Å². The third-order valence-electron chi connectivity index (χ3n) is 5.42. The van der Waals surface area contributed by atoms with E-state index in [0.717, 1.165) is 10.5 Å². The first-order valence-electron chi connectivity index (χ1n) is 10.6. The lowest BCUT2D eigenvalue weighted by Crippen LogP contribution is -2.32. The number of nitrogens with one attached hydrogen (secondary N) is 2. The molecule has 2 N–H and O–H groups in total. The van der Waals surface area contributed by atoms with Gasteiger partial charge in [0.1, 0.15) is 10.7 Å². The summed E-state index contributed by atoms with van der Waals surface area (Å²) in [5, 5.41) is 5.84. The third-order valence-corrected chi connectivity index (χ3v) is 6.00. The largest absolute Gasteiger partial charge is 0.465 e. The number of imide groups is 1. The normalized spacial score (nSPS) is 13.2. The summed E-state index contributed by atoms with van der Waals surface area (Å²) in [5.74, 6) is -2.33. The second-order valence-corrected chi connectivity index (χ2v) is 8.61. The molecule has 1 aliphatic rings. The van der Waals surface area contributed by atoms with Crippen LogP contribution in [0.25, 0.3) is 0 Å². The SMILES string of the molecule is COC(=O)c1ccc(N2C(=O)C(Cl)=C(Nc3cccc(C(=O)Nc4cc(Cl)ccc4C)c3)C2=O)cc1. The van der Waals surface area contributed by atoms with E-state index in [2.05, 4.69) is 15.4 Å². The number of carbonyl (C=O) groups is 4. The molecule has 10 heteroatoms. The van der Waals surface area contributed by atoms with Gasteiger partial charge in [-0.25, -0.2) is 9.69 Å². The molecule has 0 saturated carbocycles. The zero-order chi connectivity index (χ0) is 26.0. The number of anilines is 3. The number of esters is 1. The first-order chi connectivity index (χ1) is 17.2. The van der Waals surface area contributed by atoms with Gasteiger partial charge in [0.05, 0.1) is 18.4 Å². The minimum Gasteiger partial charge on any atom is -0.465 e. The van der Waals surface area contributed by atoms with Crippen LogP contribution in [-0.4, -0.2) is 30.8 Å². The Balaban J connectivity index is 1.53. The van der Waals surface area contributed by atoms with E-state index in [1.807, 2.05) is 6.92 Å². The average molecular weight is 524 g/mol. The van der Waals surface area contributed by atoms with Gasteiger partial charge in [-0.3, -0.25) is 14.4 Å². The summed E-state index contributed by atoms with van der Waals surface area (Å²) in [7, 11) is 1.25. The molecule has 0 bridgehead atoms. The molecule has 1 aliphatic heterocycles. The number of ether oxygens (including phenoxy) is 1. The van der Waals surface area contributed by atoms with Crippen molar-refractivity contribution in [3.8, 4) is 0 Å². The molecule has 0 spiro atoms. The maximum absolute atomic E-state index is 13.1. The van der Waals surface area contributed by atoms with E-state index < -0.39 is 17.8 Å². The molecule has 0 atom stereocenters. The predicted molar refractivity (Wildman–Crippen MR) is 137 cm³/mol. The number of halogens is 2. The minimum absolute atomic E-state index is 0.137. The van der Waals surface area contributed by atoms with Crippen molar-refractivity contribution in [3.05, 3.63) is 99.2 Å². The van der Waals surface area contributed by atoms with Gasteiger partial charge in [0, 0.05) is 22.0 Å². The molecule has 0 radical (unpaired) electrons. The highest BCUT2D eigenvalue weighted by Gasteiger charge is 2.39. The van der Waals surface area contributed by atoms with E-state index in [1.165, 1.54) is 37.4 Å². The Morgan fingerprint density at radius 3 is 2.31 bits per heavy atom. The van der Waals surface area contributed by atoms with Crippen LogP contribution in [0.4, 0.5) is 17.1 Å². The van der Waals surface area contributed by atoms with Crippen LogP contribution in [0, 0.1) is 6.92 Å². The molecule has 0 fully saturated rings. The summed E-state index contributed by atoms with van der Waals surface area (Å²) < 4.78 is 4.65. The molecule has 182 valence electrons. The fourth-order valence-electron chi connectivity index (χ4n) is 3.52. The highest BCUT2D eigenvalue weighted by atomic mass is 35.5. The minimum atomic E-state index is -0.722. The molecule has 0 aliphatic carbocycles. The maximum Gasteiger partial charge on any atom is 0.337 e. The van der Waals surface area contributed by atoms with Crippen molar-refractivity contribution < 1.29 is 23.9 Å². The third kappa shape index (κ3) is 4.95. The summed E-state index contributed by atoms with van der Waals surface area (Å²) in [6.07, 6.45) is 0. The molecule has 36 heavy (non-hydrogen) atoms. The van der Waals surface area contributed by atoms with E-state index in [4.69, 9.17) is 23.2 Å². The summed E-state index contributed by atoms with van der Waals surface area (Å²) >= 11 is 12.2. The molecule has 3 aromatic rings. The highest BCUT2D eigenvalue weighted by Crippen LogP contribution is 2.30. The van der Waals surface area contributed by atoms with Crippen LogP contribution in [0.5, 0.6) is 0 Å².